The summed E-state index contributed by atoms with van der Waals surface area (Å²) >= 11 is 0. The van der Waals surface area contributed by atoms with Crippen molar-refractivity contribution in [2.24, 2.45) is 5.92 Å². The van der Waals surface area contributed by atoms with Crippen LogP contribution in [0.1, 0.15) is 39.0 Å². The predicted molar refractivity (Wildman–Crippen MR) is 104 cm³/mol. The van der Waals surface area contributed by atoms with Crippen molar-refractivity contribution in [1.82, 2.24) is 19.7 Å². The molecule has 0 aliphatic carbocycles. The Hall–Kier alpha value is -2.14. The van der Waals surface area contributed by atoms with Gasteiger partial charge in [0.2, 0.25) is 5.89 Å². The van der Waals surface area contributed by atoms with E-state index >= 15 is 0 Å². The van der Waals surface area contributed by atoms with Crippen LogP contribution >= 0.6 is 0 Å². The van der Waals surface area contributed by atoms with Crippen LogP contribution in [0.5, 0.6) is 0 Å². The molecule has 1 fully saturated rings. The molecule has 0 atom stereocenters. The summed E-state index contributed by atoms with van der Waals surface area (Å²) in [5, 5.41) is 9.82. The second-order valence-corrected chi connectivity index (χ2v) is 7.74. The lowest BCUT2D eigenvalue weighted by Crippen LogP contribution is -2.32. The van der Waals surface area contributed by atoms with Gasteiger partial charge in [0.15, 0.2) is 0 Å². The van der Waals surface area contributed by atoms with Crippen molar-refractivity contribution >= 4 is 10.9 Å². The Morgan fingerprint density at radius 1 is 1.04 bits per heavy atom. The standard InChI is InChI=1S/C21H28N4O/c1-16(2)14-20-22-23-21(26-20)19-15-17-8-4-5-9-18(17)25(19)13-12-24-10-6-3-7-11-24/h4-5,8-9,15-16H,3,6-7,10-14H2,1-2H3. The molecule has 0 unspecified atom stereocenters. The van der Waals surface area contributed by atoms with E-state index in [1.807, 2.05) is 0 Å². The van der Waals surface area contributed by atoms with E-state index in [-0.39, 0.29) is 0 Å². The first kappa shape index (κ1) is 17.3. The van der Waals surface area contributed by atoms with Gasteiger partial charge in [-0.2, -0.15) is 0 Å². The predicted octanol–water partition coefficient (Wildman–Crippen LogP) is 4.38. The van der Waals surface area contributed by atoms with Gasteiger partial charge in [0.25, 0.3) is 5.89 Å². The molecule has 3 aromatic rings. The Morgan fingerprint density at radius 2 is 1.85 bits per heavy atom. The number of piperidine rings is 1. The van der Waals surface area contributed by atoms with E-state index in [9.17, 15) is 0 Å². The van der Waals surface area contributed by atoms with Gasteiger partial charge in [0.05, 0.1) is 0 Å². The van der Waals surface area contributed by atoms with Crippen LogP contribution in [0.2, 0.25) is 0 Å². The van der Waals surface area contributed by atoms with E-state index in [1.54, 1.807) is 0 Å². The molecule has 4 rings (SSSR count). The quantitative estimate of drug-likeness (QED) is 0.661. The largest absolute Gasteiger partial charge is 0.419 e. The lowest BCUT2D eigenvalue weighted by atomic mass is 10.1. The van der Waals surface area contributed by atoms with E-state index in [2.05, 4.69) is 63.8 Å². The van der Waals surface area contributed by atoms with Crippen molar-refractivity contribution in [3.8, 4) is 11.6 Å². The zero-order valence-corrected chi connectivity index (χ0v) is 15.8. The molecule has 1 saturated heterocycles. The van der Waals surface area contributed by atoms with Crippen molar-refractivity contribution in [3.63, 3.8) is 0 Å². The van der Waals surface area contributed by atoms with Gasteiger partial charge >= 0.3 is 0 Å². The van der Waals surface area contributed by atoms with Crippen LogP contribution in [0, 0.1) is 5.92 Å². The molecular weight excluding hydrogens is 324 g/mol. The maximum Gasteiger partial charge on any atom is 0.264 e. The molecule has 2 aromatic heterocycles. The summed E-state index contributed by atoms with van der Waals surface area (Å²) in [6.45, 7) is 8.78. The zero-order chi connectivity index (χ0) is 17.9. The molecule has 0 amide bonds. The van der Waals surface area contributed by atoms with E-state index in [1.165, 1.54) is 43.3 Å². The number of hydrogen-bond donors (Lipinski definition) is 0. The van der Waals surface area contributed by atoms with Gasteiger partial charge in [-0.3, -0.25) is 0 Å². The molecule has 5 heteroatoms. The first-order chi connectivity index (χ1) is 12.7. The average molecular weight is 352 g/mol. The van der Waals surface area contributed by atoms with Crippen molar-refractivity contribution in [3.05, 3.63) is 36.2 Å². The summed E-state index contributed by atoms with van der Waals surface area (Å²) in [6, 6.07) is 10.7. The number of para-hydroxylation sites is 1. The van der Waals surface area contributed by atoms with Crippen LogP contribution in [0.25, 0.3) is 22.5 Å². The molecule has 1 aliphatic rings. The highest BCUT2D eigenvalue weighted by Crippen LogP contribution is 2.28. The fraction of sp³-hybridized carbons (Fsp3) is 0.524. The van der Waals surface area contributed by atoms with Gasteiger partial charge in [-0.25, -0.2) is 0 Å². The highest BCUT2D eigenvalue weighted by atomic mass is 16.4. The molecule has 0 bridgehead atoms. The van der Waals surface area contributed by atoms with E-state index in [0.717, 1.165) is 31.1 Å². The Morgan fingerprint density at radius 3 is 2.65 bits per heavy atom. The zero-order valence-electron chi connectivity index (χ0n) is 15.8. The van der Waals surface area contributed by atoms with Crippen molar-refractivity contribution in [2.45, 2.75) is 46.1 Å². The number of nitrogens with zero attached hydrogens (tertiary/aromatic N) is 4. The molecule has 1 aliphatic heterocycles. The Bertz CT molecular complexity index is 858. The molecular formula is C21H28N4O. The maximum atomic E-state index is 5.99. The third-order valence-electron chi connectivity index (χ3n) is 5.17. The van der Waals surface area contributed by atoms with Crippen LogP contribution in [-0.2, 0) is 13.0 Å². The molecule has 0 spiro atoms. The third-order valence-corrected chi connectivity index (χ3v) is 5.17. The molecule has 26 heavy (non-hydrogen) atoms. The summed E-state index contributed by atoms with van der Waals surface area (Å²) in [7, 11) is 0. The number of rotatable bonds is 6. The van der Waals surface area contributed by atoms with Gasteiger partial charge in [-0.05, 0) is 44.0 Å². The van der Waals surface area contributed by atoms with Crippen molar-refractivity contribution in [2.75, 3.05) is 19.6 Å². The van der Waals surface area contributed by atoms with Gasteiger partial charge in [-0.1, -0.05) is 38.5 Å². The smallest absolute Gasteiger partial charge is 0.264 e. The molecule has 1 aromatic carbocycles. The van der Waals surface area contributed by atoms with Crippen LogP contribution in [0.15, 0.2) is 34.7 Å². The van der Waals surface area contributed by atoms with E-state index in [0.29, 0.717) is 11.8 Å². The summed E-state index contributed by atoms with van der Waals surface area (Å²) in [5.74, 6) is 1.87. The molecule has 138 valence electrons. The second-order valence-electron chi connectivity index (χ2n) is 7.74. The van der Waals surface area contributed by atoms with Crippen LogP contribution in [-0.4, -0.2) is 39.3 Å². The normalized spacial score (nSPS) is 16.0. The molecule has 0 radical (unpaired) electrons. The van der Waals surface area contributed by atoms with Crippen molar-refractivity contribution < 1.29 is 4.42 Å². The first-order valence-corrected chi connectivity index (χ1v) is 9.84. The van der Waals surface area contributed by atoms with Gasteiger partial charge in [0.1, 0.15) is 5.69 Å². The fourth-order valence-corrected chi connectivity index (χ4v) is 3.84. The molecule has 5 nitrogen and oxygen atoms in total. The molecule has 0 saturated carbocycles. The Kier molecular flexibility index (Phi) is 5.07. The third kappa shape index (κ3) is 3.68. The number of aromatic nitrogens is 3. The fourth-order valence-electron chi connectivity index (χ4n) is 3.84. The average Bonchev–Trinajstić information content (AvgIpc) is 3.24. The summed E-state index contributed by atoms with van der Waals surface area (Å²) < 4.78 is 8.33. The Balaban J connectivity index is 1.63. The van der Waals surface area contributed by atoms with Crippen molar-refractivity contribution in [1.29, 1.82) is 0 Å². The van der Waals surface area contributed by atoms with E-state index < -0.39 is 0 Å². The van der Waals surface area contributed by atoms with Crippen LogP contribution in [0.3, 0.4) is 0 Å². The maximum absolute atomic E-state index is 5.99. The minimum absolute atomic E-state index is 0.508. The Labute approximate surface area is 155 Å². The monoisotopic (exact) mass is 352 g/mol. The van der Waals surface area contributed by atoms with Gasteiger partial charge in [-0.15, -0.1) is 10.2 Å². The summed E-state index contributed by atoms with van der Waals surface area (Å²) in [6.07, 6.45) is 4.83. The van der Waals surface area contributed by atoms with Gasteiger partial charge in [0, 0.05) is 30.4 Å². The number of fused-ring (bicyclic) bond motifs is 1. The summed E-state index contributed by atoms with van der Waals surface area (Å²) in [5.41, 5.74) is 2.27. The lowest BCUT2D eigenvalue weighted by molar-refractivity contribution is 0.222. The lowest BCUT2D eigenvalue weighted by Gasteiger charge is -2.26. The van der Waals surface area contributed by atoms with Crippen LogP contribution in [0.4, 0.5) is 0 Å². The van der Waals surface area contributed by atoms with Gasteiger partial charge < -0.3 is 13.9 Å². The van der Waals surface area contributed by atoms with Crippen LogP contribution < -0.4 is 0 Å². The molecule has 3 heterocycles. The SMILES string of the molecule is CC(C)Cc1nnc(-c2cc3ccccc3n2CCN2CCCCC2)o1. The number of likely N-dealkylation sites (tertiary alicyclic amines) is 1. The number of benzene rings is 1. The minimum Gasteiger partial charge on any atom is -0.419 e. The highest BCUT2D eigenvalue weighted by molar-refractivity contribution is 5.85. The molecule has 0 N–H and O–H groups in total. The number of hydrogen-bond acceptors (Lipinski definition) is 4. The summed E-state index contributed by atoms with van der Waals surface area (Å²) in [4.78, 5) is 2.57. The second kappa shape index (κ2) is 7.62. The topological polar surface area (TPSA) is 47.1 Å². The first-order valence-electron chi connectivity index (χ1n) is 9.84. The minimum atomic E-state index is 0.508. The van der Waals surface area contributed by atoms with E-state index in [4.69, 9.17) is 4.42 Å². The highest BCUT2D eigenvalue weighted by Gasteiger charge is 2.18.